The molecule has 0 aliphatic rings. The van der Waals surface area contributed by atoms with Gasteiger partial charge < -0.3 is 15.7 Å². The predicted molar refractivity (Wildman–Crippen MR) is 139 cm³/mol. The zero-order valence-electron chi connectivity index (χ0n) is 19.8. The van der Waals surface area contributed by atoms with Crippen molar-refractivity contribution in [2.45, 2.75) is 31.3 Å². The summed E-state index contributed by atoms with van der Waals surface area (Å²) in [5, 5.41) is 17.3. The van der Waals surface area contributed by atoms with Crippen LogP contribution in [0.5, 0.6) is 0 Å². The van der Waals surface area contributed by atoms with Crippen LogP contribution in [0.4, 0.5) is 0 Å². The number of amides is 2. The van der Waals surface area contributed by atoms with Crippen LogP contribution >= 0.6 is 0 Å². The molecule has 6 nitrogen and oxygen atoms in total. The fourth-order valence-electron chi connectivity index (χ4n) is 4.16. The minimum atomic E-state index is -1.13. The van der Waals surface area contributed by atoms with Gasteiger partial charge in [-0.15, -0.1) is 0 Å². The van der Waals surface area contributed by atoms with Gasteiger partial charge in [0.1, 0.15) is 12.1 Å². The quantitative estimate of drug-likeness (QED) is 0.321. The van der Waals surface area contributed by atoms with Gasteiger partial charge in [0, 0.05) is 12.8 Å². The molecular weight excluding hydrogens is 452 g/mol. The molecule has 0 heterocycles. The van der Waals surface area contributed by atoms with E-state index in [2.05, 4.69) is 10.6 Å². The maximum absolute atomic E-state index is 13.2. The number of carboxylic acids is 1. The third-order valence-corrected chi connectivity index (χ3v) is 6.01. The van der Waals surface area contributed by atoms with E-state index in [9.17, 15) is 19.5 Å². The van der Waals surface area contributed by atoms with Gasteiger partial charge in [0.2, 0.25) is 11.8 Å². The first kappa shape index (κ1) is 24.7. The number of hydrogen-bond donors (Lipinski definition) is 3. The van der Waals surface area contributed by atoms with Gasteiger partial charge in [-0.2, -0.15) is 0 Å². The Labute approximate surface area is 210 Å². The fraction of sp³-hybridized carbons (Fsp3) is 0.167. The summed E-state index contributed by atoms with van der Waals surface area (Å²) >= 11 is 0. The minimum absolute atomic E-state index is 0.107. The largest absolute Gasteiger partial charge is 0.480 e. The van der Waals surface area contributed by atoms with Crippen LogP contribution in [0.3, 0.4) is 0 Å². The molecule has 0 aromatic heterocycles. The van der Waals surface area contributed by atoms with Gasteiger partial charge in [-0.25, -0.2) is 4.79 Å². The van der Waals surface area contributed by atoms with Crippen LogP contribution in [-0.2, 0) is 33.6 Å². The Bertz CT molecular complexity index is 1340. The van der Waals surface area contributed by atoms with E-state index in [1.165, 1.54) is 0 Å². The van der Waals surface area contributed by atoms with Gasteiger partial charge in [0.05, 0.1) is 6.42 Å². The van der Waals surface area contributed by atoms with Crippen LogP contribution < -0.4 is 10.6 Å². The molecule has 182 valence electrons. The maximum Gasteiger partial charge on any atom is 0.326 e. The molecule has 0 spiro atoms. The monoisotopic (exact) mass is 480 g/mol. The molecule has 4 aromatic carbocycles. The van der Waals surface area contributed by atoms with E-state index in [1.807, 2.05) is 103 Å². The minimum Gasteiger partial charge on any atom is -0.480 e. The predicted octanol–water partition coefficient (Wildman–Crippen LogP) is 3.92. The molecule has 0 aliphatic carbocycles. The number of aliphatic carboxylic acids is 1. The topological polar surface area (TPSA) is 95.5 Å². The van der Waals surface area contributed by atoms with Gasteiger partial charge in [-0.1, -0.05) is 103 Å². The van der Waals surface area contributed by atoms with Crippen molar-refractivity contribution >= 4 is 28.6 Å². The Morgan fingerprint density at radius 1 is 0.611 bits per heavy atom. The van der Waals surface area contributed by atoms with E-state index in [0.717, 1.165) is 27.5 Å². The number of carbonyl (C=O) groups excluding carboxylic acids is 2. The van der Waals surface area contributed by atoms with E-state index < -0.39 is 24.0 Å². The zero-order valence-corrected chi connectivity index (χ0v) is 19.8. The zero-order chi connectivity index (χ0) is 25.3. The molecular formula is C30H28N2O4. The maximum atomic E-state index is 13.2. The summed E-state index contributed by atoms with van der Waals surface area (Å²) in [6, 6.07) is 30.1. The third kappa shape index (κ3) is 6.79. The van der Waals surface area contributed by atoms with E-state index >= 15 is 0 Å². The number of carbonyl (C=O) groups is 3. The lowest BCUT2D eigenvalue weighted by Gasteiger charge is -2.22. The van der Waals surface area contributed by atoms with Crippen LogP contribution in [0.25, 0.3) is 10.8 Å². The summed E-state index contributed by atoms with van der Waals surface area (Å²) in [5.74, 6) is -1.97. The normalized spacial score (nSPS) is 12.4. The van der Waals surface area contributed by atoms with Crippen LogP contribution in [-0.4, -0.2) is 35.0 Å². The standard InChI is InChI=1S/C30H28N2O4/c33-28(20-23-15-16-24-13-7-8-14-25(24)17-23)31-26(18-21-9-3-1-4-10-21)29(34)32-27(30(35)36)19-22-11-5-2-6-12-22/h1-17,26-27H,18-20H2,(H,31,33)(H,32,34)(H,35,36). The molecule has 0 radical (unpaired) electrons. The lowest BCUT2D eigenvalue weighted by atomic mass is 10.0. The third-order valence-electron chi connectivity index (χ3n) is 6.01. The van der Waals surface area contributed by atoms with E-state index in [0.29, 0.717) is 0 Å². The first-order valence-corrected chi connectivity index (χ1v) is 11.9. The number of carboxylic acid groups (broad SMARTS) is 1. The molecule has 36 heavy (non-hydrogen) atoms. The molecule has 0 saturated carbocycles. The number of rotatable bonds is 10. The molecule has 0 aliphatic heterocycles. The highest BCUT2D eigenvalue weighted by atomic mass is 16.4. The van der Waals surface area contributed by atoms with Gasteiger partial charge in [0.25, 0.3) is 0 Å². The molecule has 2 atom stereocenters. The van der Waals surface area contributed by atoms with Crippen molar-refractivity contribution in [2.24, 2.45) is 0 Å². The molecule has 0 fully saturated rings. The average molecular weight is 481 g/mol. The smallest absolute Gasteiger partial charge is 0.326 e. The Morgan fingerprint density at radius 3 is 1.78 bits per heavy atom. The van der Waals surface area contributed by atoms with Crippen LogP contribution in [0.2, 0.25) is 0 Å². The Kier molecular flexibility index (Phi) is 8.08. The van der Waals surface area contributed by atoms with Crippen LogP contribution in [0, 0.1) is 0 Å². The highest BCUT2D eigenvalue weighted by molar-refractivity contribution is 5.91. The average Bonchev–Trinajstić information content (AvgIpc) is 2.89. The van der Waals surface area contributed by atoms with Crippen molar-refractivity contribution in [2.75, 3.05) is 0 Å². The summed E-state index contributed by atoms with van der Waals surface area (Å²) in [7, 11) is 0. The molecule has 3 N–H and O–H groups in total. The van der Waals surface area contributed by atoms with Gasteiger partial charge in [-0.3, -0.25) is 9.59 Å². The van der Waals surface area contributed by atoms with E-state index in [1.54, 1.807) is 0 Å². The number of fused-ring (bicyclic) bond motifs is 1. The molecule has 2 unspecified atom stereocenters. The van der Waals surface area contributed by atoms with E-state index in [-0.39, 0.29) is 25.2 Å². The lowest BCUT2D eigenvalue weighted by Crippen LogP contribution is -2.53. The van der Waals surface area contributed by atoms with Gasteiger partial charge >= 0.3 is 5.97 Å². The molecule has 4 rings (SSSR count). The molecule has 0 bridgehead atoms. The highest BCUT2D eigenvalue weighted by Crippen LogP contribution is 2.16. The highest BCUT2D eigenvalue weighted by Gasteiger charge is 2.27. The molecule has 0 saturated heterocycles. The van der Waals surface area contributed by atoms with Gasteiger partial charge in [-0.05, 0) is 27.5 Å². The second-order valence-electron chi connectivity index (χ2n) is 8.76. The second kappa shape index (κ2) is 11.8. The Balaban J connectivity index is 1.48. The van der Waals surface area contributed by atoms with Crippen molar-refractivity contribution in [3.63, 3.8) is 0 Å². The van der Waals surface area contributed by atoms with Crippen molar-refractivity contribution in [3.8, 4) is 0 Å². The number of benzene rings is 4. The molecule has 4 aromatic rings. The summed E-state index contributed by atoms with van der Waals surface area (Å²) in [6.45, 7) is 0. The summed E-state index contributed by atoms with van der Waals surface area (Å²) in [4.78, 5) is 38.1. The second-order valence-corrected chi connectivity index (χ2v) is 8.76. The first-order valence-electron chi connectivity index (χ1n) is 11.9. The summed E-state index contributed by atoms with van der Waals surface area (Å²) in [5.41, 5.74) is 2.49. The molecule has 2 amide bonds. The Hall–Kier alpha value is -4.45. The number of hydrogen-bond acceptors (Lipinski definition) is 3. The van der Waals surface area contributed by atoms with Crippen LogP contribution in [0.15, 0.2) is 103 Å². The lowest BCUT2D eigenvalue weighted by molar-refractivity contribution is -0.142. The molecule has 6 heteroatoms. The fourth-order valence-corrected chi connectivity index (χ4v) is 4.16. The van der Waals surface area contributed by atoms with Crippen molar-refractivity contribution in [1.82, 2.24) is 10.6 Å². The van der Waals surface area contributed by atoms with Crippen molar-refractivity contribution in [1.29, 1.82) is 0 Å². The first-order chi connectivity index (χ1) is 17.5. The van der Waals surface area contributed by atoms with Crippen molar-refractivity contribution in [3.05, 3.63) is 120 Å². The summed E-state index contributed by atoms with van der Waals surface area (Å²) < 4.78 is 0. The Morgan fingerprint density at radius 2 is 1.17 bits per heavy atom. The SMILES string of the molecule is O=C(Cc1ccc2ccccc2c1)NC(Cc1ccccc1)C(=O)NC(Cc1ccccc1)C(=O)O. The van der Waals surface area contributed by atoms with E-state index in [4.69, 9.17) is 0 Å². The van der Waals surface area contributed by atoms with Crippen molar-refractivity contribution < 1.29 is 19.5 Å². The number of nitrogens with one attached hydrogen (secondary N) is 2. The summed E-state index contributed by atoms with van der Waals surface area (Å²) in [6.07, 6.45) is 0.495. The van der Waals surface area contributed by atoms with Gasteiger partial charge in [0.15, 0.2) is 0 Å². The van der Waals surface area contributed by atoms with Crippen LogP contribution in [0.1, 0.15) is 16.7 Å².